The number of fused-ring (bicyclic) bond motifs is 6. The van der Waals surface area contributed by atoms with Gasteiger partial charge >= 0.3 is 0 Å². The van der Waals surface area contributed by atoms with Crippen LogP contribution in [0.25, 0.3) is 60.7 Å². The number of aryl methyl sites for hydroxylation is 2. The molecule has 0 bridgehead atoms. The number of nitrogens with zero attached hydrogens (tertiary/aromatic N) is 5. The Morgan fingerprint density at radius 2 is 0.974 bits per heavy atom. The highest BCUT2D eigenvalue weighted by Crippen LogP contribution is 2.39. The molecule has 39 heavy (non-hydrogen) atoms. The molecule has 0 fully saturated rings. The highest BCUT2D eigenvalue weighted by molar-refractivity contribution is 6.18. The first-order valence-corrected chi connectivity index (χ1v) is 13.2. The lowest BCUT2D eigenvalue weighted by Gasteiger charge is -2.09. The standard InChI is InChI=1S/C34H27N5/c1-35-17-15-26(16-18-35)39-32-10-6-4-8-28(32)30-21-33-29(22-34(30)39)27-7-3-5-9-31(27)38(33)25-13-11-24(12-14-25)37-20-19-36(2)23-37/h3-23H,1-2H3/q+2. The lowest BCUT2D eigenvalue weighted by atomic mass is 10.1. The molecule has 4 aromatic heterocycles. The van der Waals surface area contributed by atoms with Crippen molar-refractivity contribution in [2.75, 3.05) is 0 Å². The molecule has 5 heteroatoms. The summed E-state index contributed by atoms with van der Waals surface area (Å²) in [5, 5.41) is 5.03. The van der Waals surface area contributed by atoms with Crippen LogP contribution >= 0.6 is 0 Å². The smallest absolute Gasteiger partial charge is 0.248 e. The van der Waals surface area contributed by atoms with Gasteiger partial charge in [-0.3, -0.25) is 0 Å². The van der Waals surface area contributed by atoms with Crippen LogP contribution in [0.1, 0.15) is 0 Å². The van der Waals surface area contributed by atoms with Crippen molar-refractivity contribution in [2.45, 2.75) is 0 Å². The molecule has 8 rings (SSSR count). The van der Waals surface area contributed by atoms with Gasteiger partial charge in [-0.05, 0) is 48.5 Å². The van der Waals surface area contributed by atoms with Gasteiger partial charge in [-0.25, -0.2) is 13.7 Å². The van der Waals surface area contributed by atoms with Crippen molar-refractivity contribution in [3.05, 3.63) is 128 Å². The molecule has 0 aliphatic rings. The van der Waals surface area contributed by atoms with Crippen LogP contribution in [0.4, 0.5) is 0 Å². The van der Waals surface area contributed by atoms with Gasteiger partial charge in [0, 0.05) is 39.4 Å². The van der Waals surface area contributed by atoms with Gasteiger partial charge in [0.1, 0.15) is 25.1 Å². The third-order valence-corrected chi connectivity index (χ3v) is 7.86. The topological polar surface area (TPSA) is 22.5 Å². The van der Waals surface area contributed by atoms with Gasteiger partial charge in [-0.2, -0.15) is 0 Å². The molecule has 186 valence electrons. The summed E-state index contributed by atoms with van der Waals surface area (Å²) >= 11 is 0. The van der Waals surface area contributed by atoms with Crippen molar-refractivity contribution in [2.24, 2.45) is 14.1 Å². The number of benzene rings is 4. The van der Waals surface area contributed by atoms with Gasteiger partial charge in [-0.15, -0.1) is 0 Å². The summed E-state index contributed by atoms with van der Waals surface area (Å²) in [4.78, 5) is 0. The number of rotatable bonds is 3. The molecule has 5 nitrogen and oxygen atoms in total. The van der Waals surface area contributed by atoms with Crippen molar-refractivity contribution in [3.8, 4) is 17.1 Å². The van der Waals surface area contributed by atoms with Crippen LogP contribution in [0.5, 0.6) is 0 Å². The minimum atomic E-state index is 1.14. The van der Waals surface area contributed by atoms with Crippen LogP contribution in [-0.4, -0.2) is 13.7 Å². The number of pyridine rings is 1. The molecule has 0 aliphatic carbocycles. The van der Waals surface area contributed by atoms with E-state index in [-0.39, 0.29) is 0 Å². The third kappa shape index (κ3) is 3.26. The molecule has 4 aromatic carbocycles. The molecule has 4 heterocycles. The molecule has 8 aromatic rings. The van der Waals surface area contributed by atoms with Crippen LogP contribution in [0.3, 0.4) is 0 Å². The Morgan fingerprint density at radius 1 is 0.462 bits per heavy atom. The fraction of sp³-hybridized carbons (Fsp3) is 0.0588. The molecule has 0 aliphatic heterocycles. The van der Waals surface area contributed by atoms with Gasteiger partial charge < -0.3 is 9.13 Å². The Kier molecular flexibility index (Phi) is 4.58. The van der Waals surface area contributed by atoms with Crippen molar-refractivity contribution in [3.63, 3.8) is 0 Å². The molecule has 0 spiro atoms. The zero-order valence-electron chi connectivity index (χ0n) is 21.9. The zero-order chi connectivity index (χ0) is 26.1. The SMILES string of the molecule is C[n+]1ccc(-n2c3ccccc3c3cc4c(cc32)c2ccccc2n4-c2ccc(-n3cc[n+](C)c3)cc2)cc1. The first kappa shape index (κ1) is 21.9. The minimum absolute atomic E-state index is 1.14. The minimum Gasteiger partial charge on any atom is -0.309 e. The summed E-state index contributed by atoms with van der Waals surface area (Å²) in [5.41, 5.74) is 8.32. The Morgan fingerprint density at radius 3 is 1.51 bits per heavy atom. The van der Waals surface area contributed by atoms with E-state index in [2.05, 4.69) is 158 Å². The van der Waals surface area contributed by atoms with E-state index in [9.17, 15) is 0 Å². The van der Waals surface area contributed by atoms with Gasteiger partial charge in [0.2, 0.25) is 6.33 Å². The monoisotopic (exact) mass is 505 g/mol. The van der Waals surface area contributed by atoms with Crippen LogP contribution < -0.4 is 9.13 Å². The van der Waals surface area contributed by atoms with Gasteiger partial charge in [0.05, 0.1) is 34.8 Å². The van der Waals surface area contributed by atoms with E-state index in [0.717, 1.165) is 17.1 Å². The van der Waals surface area contributed by atoms with E-state index in [0.29, 0.717) is 0 Å². The molecule has 0 amide bonds. The van der Waals surface area contributed by atoms with E-state index in [1.807, 2.05) is 7.05 Å². The van der Waals surface area contributed by atoms with Crippen molar-refractivity contribution < 1.29 is 9.13 Å². The van der Waals surface area contributed by atoms with Gasteiger partial charge in [0.15, 0.2) is 12.4 Å². The quantitative estimate of drug-likeness (QED) is 0.251. The second kappa shape index (κ2) is 8.17. The Bertz CT molecular complexity index is 2170. The van der Waals surface area contributed by atoms with Crippen LogP contribution in [0.2, 0.25) is 0 Å². The summed E-state index contributed by atoms with van der Waals surface area (Å²) < 4.78 is 11.1. The highest BCUT2D eigenvalue weighted by atomic mass is 15.1. The first-order chi connectivity index (χ1) is 19.2. The molecular formula is C34H27N5+2. The van der Waals surface area contributed by atoms with E-state index >= 15 is 0 Å². The van der Waals surface area contributed by atoms with Gasteiger partial charge in [0.25, 0.3) is 0 Å². The van der Waals surface area contributed by atoms with Crippen LogP contribution in [0.15, 0.2) is 128 Å². The summed E-state index contributed by atoms with van der Waals surface area (Å²) in [6, 6.07) is 35.4. The van der Waals surface area contributed by atoms with E-state index in [1.54, 1.807) is 0 Å². The van der Waals surface area contributed by atoms with Crippen molar-refractivity contribution in [1.29, 1.82) is 0 Å². The predicted molar refractivity (Wildman–Crippen MR) is 157 cm³/mol. The number of para-hydroxylation sites is 2. The maximum absolute atomic E-state index is 2.40. The van der Waals surface area contributed by atoms with Crippen LogP contribution in [-0.2, 0) is 14.1 Å². The van der Waals surface area contributed by atoms with E-state index in [4.69, 9.17) is 0 Å². The predicted octanol–water partition coefficient (Wildman–Crippen LogP) is 6.32. The zero-order valence-corrected chi connectivity index (χ0v) is 21.9. The van der Waals surface area contributed by atoms with E-state index in [1.165, 1.54) is 43.6 Å². The molecule has 0 saturated carbocycles. The van der Waals surface area contributed by atoms with Crippen LogP contribution in [0, 0.1) is 0 Å². The number of aromatic nitrogens is 5. The van der Waals surface area contributed by atoms with Crippen molar-refractivity contribution >= 4 is 43.6 Å². The average molecular weight is 506 g/mol. The molecule has 0 saturated heterocycles. The highest BCUT2D eigenvalue weighted by Gasteiger charge is 2.18. The lowest BCUT2D eigenvalue weighted by molar-refractivity contribution is -0.671. The van der Waals surface area contributed by atoms with Crippen molar-refractivity contribution in [1.82, 2.24) is 13.7 Å². The van der Waals surface area contributed by atoms with E-state index < -0.39 is 0 Å². The number of hydrogen-bond acceptors (Lipinski definition) is 0. The molecular weight excluding hydrogens is 478 g/mol. The normalized spacial score (nSPS) is 11.8. The summed E-state index contributed by atoms with van der Waals surface area (Å²) in [7, 11) is 4.09. The second-order valence-corrected chi connectivity index (χ2v) is 10.3. The maximum atomic E-state index is 2.40. The molecule has 0 atom stereocenters. The summed E-state index contributed by atoms with van der Waals surface area (Å²) in [6.07, 6.45) is 10.4. The molecule has 0 N–H and O–H groups in total. The Labute approximate surface area is 225 Å². The van der Waals surface area contributed by atoms with Gasteiger partial charge in [-0.1, -0.05) is 36.4 Å². The maximum Gasteiger partial charge on any atom is 0.248 e. The fourth-order valence-corrected chi connectivity index (χ4v) is 6.01. The summed E-state index contributed by atoms with van der Waals surface area (Å²) in [5.74, 6) is 0. The Hall–Kier alpha value is -5.16. The molecule has 0 radical (unpaired) electrons. The average Bonchev–Trinajstić information content (AvgIpc) is 3.64. The Balaban J connectivity index is 1.43. The lowest BCUT2D eigenvalue weighted by Crippen LogP contribution is -2.26. The second-order valence-electron chi connectivity index (χ2n) is 10.3. The largest absolute Gasteiger partial charge is 0.309 e. The number of hydrogen-bond donors (Lipinski definition) is 0. The first-order valence-electron chi connectivity index (χ1n) is 13.2. The summed E-state index contributed by atoms with van der Waals surface area (Å²) in [6.45, 7) is 0. The molecule has 0 unspecified atom stereocenters. The number of imidazole rings is 1. The third-order valence-electron chi connectivity index (χ3n) is 7.86. The fourth-order valence-electron chi connectivity index (χ4n) is 6.01.